The fourth-order valence-corrected chi connectivity index (χ4v) is 3.97. The van der Waals surface area contributed by atoms with Crippen molar-refractivity contribution in [3.63, 3.8) is 0 Å². The molecule has 2 heterocycles. The zero-order chi connectivity index (χ0) is 31.3. The van der Waals surface area contributed by atoms with Crippen molar-refractivity contribution in [2.75, 3.05) is 27.3 Å². The van der Waals surface area contributed by atoms with Crippen LogP contribution in [0.3, 0.4) is 0 Å². The maximum Gasteiger partial charge on any atom is 0.333 e. The first-order chi connectivity index (χ1) is 20.6. The highest BCUT2D eigenvalue weighted by molar-refractivity contribution is 6.05. The van der Waals surface area contributed by atoms with Crippen molar-refractivity contribution < 1.29 is 43.6 Å². The molecule has 15 nitrogen and oxygen atoms in total. The number of aromatic hydroxyl groups is 2. The van der Waals surface area contributed by atoms with Crippen molar-refractivity contribution >= 4 is 45.3 Å². The van der Waals surface area contributed by atoms with Gasteiger partial charge in [-0.1, -0.05) is 0 Å². The van der Waals surface area contributed by atoms with Crippen molar-refractivity contribution in [2.45, 2.75) is 0 Å². The van der Waals surface area contributed by atoms with E-state index in [1.807, 2.05) is 12.1 Å². The van der Waals surface area contributed by atoms with Gasteiger partial charge in [-0.2, -0.15) is 10.5 Å². The number of fused-ring (bicyclic) bond motifs is 2. The highest BCUT2D eigenvalue weighted by Gasteiger charge is 2.23. The molecule has 0 bridgehead atoms. The van der Waals surface area contributed by atoms with Crippen LogP contribution in [0.4, 0.5) is 0 Å². The number of nitrogens with one attached hydrogen (secondary N) is 2. The molecule has 0 aliphatic carbocycles. The Morgan fingerprint density at radius 3 is 1.47 bits per heavy atom. The first-order valence-corrected chi connectivity index (χ1v) is 12.1. The monoisotopic (exact) mass is 584 g/mol. The van der Waals surface area contributed by atoms with Crippen LogP contribution < -0.4 is 20.1 Å². The van der Waals surface area contributed by atoms with E-state index >= 15 is 0 Å². The Bertz CT molecular complexity index is 1770. The molecule has 4 rings (SSSR count). The number of rotatable bonds is 8. The molecule has 0 fully saturated rings. The molecular weight excluding hydrogens is 564 g/mol. The number of esters is 2. The van der Waals surface area contributed by atoms with Crippen LogP contribution in [0.15, 0.2) is 36.4 Å². The van der Waals surface area contributed by atoms with Gasteiger partial charge in [0.2, 0.25) is 0 Å². The van der Waals surface area contributed by atoms with Crippen LogP contribution in [0.2, 0.25) is 0 Å². The van der Waals surface area contributed by atoms with Crippen molar-refractivity contribution in [1.82, 2.24) is 20.6 Å². The van der Waals surface area contributed by atoms with Crippen LogP contribution in [0.5, 0.6) is 23.0 Å². The van der Waals surface area contributed by atoms with Gasteiger partial charge in [-0.05, 0) is 36.4 Å². The minimum absolute atomic E-state index is 0.138. The fraction of sp³-hybridized carbons (Fsp3) is 0.143. The van der Waals surface area contributed by atoms with Gasteiger partial charge in [0.25, 0.3) is 11.8 Å². The summed E-state index contributed by atoms with van der Waals surface area (Å²) in [7, 11) is 2.83. The van der Waals surface area contributed by atoms with Crippen LogP contribution in [-0.2, 0) is 14.3 Å². The maximum atomic E-state index is 12.6. The molecule has 2 aromatic carbocycles. The van der Waals surface area contributed by atoms with Gasteiger partial charge in [0.15, 0.2) is 22.9 Å². The molecule has 0 spiro atoms. The number of aromatic nitrogens is 2. The zero-order valence-electron chi connectivity index (χ0n) is 22.4. The lowest BCUT2D eigenvalue weighted by atomic mass is 10.1. The molecule has 0 saturated heterocycles. The van der Waals surface area contributed by atoms with E-state index in [1.54, 1.807) is 0 Å². The number of carbonyl (C=O) groups is 4. The van der Waals surface area contributed by atoms with Crippen molar-refractivity contribution in [1.29, 1.82) is 10.5 Å². The topological polar surface area (TPSA) is 234 Å². The third kappa shape index (κ3) is 6.01. The molecule has 43 heavy (non-hydrogen) atoms. The average molecular weight is 585 g/mol. The predicted molar refractivity (Wildman–Crippen MR) is 145 cm³/mol. The molecule has 0 aliphatic heterocycles. The van der Waals surface area contributed by atoms with Gasteiger partial charge in [0.05, 0.1) is 14.2 Å². The highest BCUT2D eigenvalue weighted by atomic mass is 16.6. The van der Waals surface area contributed by atoms with Gasteiger partial charge in [-0.15, -0.1) is 0 Å². The van der Waals surface area contributed by atoms with E-state index in [4.69, 9.17) is 9.47 Å². The van der Waals surface area contributed by atoms with E-state index in [-0.39, 0.29) is 32.9 Å². The van der Waals surface area contributed by atoms with Gasteiger partial charge < -0.3 is 35.1 Å². The Morgan fingerprint density at radius 1 is 0.721 bits per heavy atom. The van der Waals surface area contributed by atoms with Crippen molar-refractivity contribution in [3.8, 4) is 35.1 Å². The summed E-state index contributed by atoms with van der Waals surface area (Å²) in [4.78, 5) is 57.1. The quantitative estimate of drug-likeness (QED) is 0.168. The molecule has 0 saturated carbocycles. The second-order valence-electron chi connectivity index (χ2n) is 8.57. The molecule has 216 valence electrons. The minimum Gasteiger partial charge on any atom is -0.505 e. The number of hydrogen-bond donors (Lipinski definition) is 4. The highest BCUT2D eigenvalue weighted by Crippen LogP contribution is 2.33. The van der Waals surface area contributed by atoms with E-state index in [1.165, 1.54) is 50.6 Å². The standard InChI is InChI=1S/C28H20N6O9/c1-41-13-3-5-15-17(7-13)19(9-29)33-23(25(15)37)27(39)31-11-21(35)43-22(36)12-32-28(40)24-26(38)16-6-4-14(42-2)8-18(16)20(10-30)34-24/h3-8,37-38H,11-12H2,1-2H3,(H,31,39)(H,32,40). The summed E-state index contributed by atoms with van der Waals surface area (Å²) < 4.78 is 14.8. The Kier molecular flexibility index (Phi) is 8.48. The number of ether oxygens (including phenoxy) is 3. The lowest BCUT2D eigenvalue weighted by molar-refractivity contribution is -0.158. The first-order valence-electron chi connectivity index (χ1n) is 12.1. The largest absolute Gasteiger partial charge is 0.505 e. The third-order valence-corrected chi connectivity index (χ3v) is 6.03. The number of carbonyl (C=O) groups excluding carboxylic acids is 4. The average Bonchev–Trinajstić information content (AvgIpc) is 3.02. The molecule has 0 atom stereocenters. The maximum absolute atomic E-state index is 12.6. The molecule has 15 heteroatoms. The Morgan fingerprint density at radius 2 is 1.12 bits per heavy atom. The Labute approximate surface area is 241 Å². The summed E-state index contributed by atoms with van der Waals surface area (Å²) >= 11 is 0. The summed E-state index contributed by atoms with van der Waals surface area (Å²) in [6.07, 6.45) is 0. The molecule has 0 radical (unpaired) electrons. The summed E-state index contributed by atoms with van der Waals surface area (Å²) in [5, 5.41) is 44.9. The van der Waals surface area contributed by atoms with E-state index in [9.17, 15) is 39.9 Å². The number of nitrogens with zero attached hydrogens (tertiary/aromatic N) is 4. The van der Waals surface area contributed by atoms with Crippen LogP contribution in [0, 0.1) is 22.7 Å². The predicted octanol–water partition coefficient (Wildman–Crippen LogP) is 1.18. The van der Waals surface area contributed by atoms with Crippen LogP contribution in [0.25, 0.3) is 21.5 Å². The summed E-state index contributed by atoms with van der Waals surface area (Å²) in [5.41, 5.74) is -1.45. The smallest absolute Gasteiger partial charge is 0.333 e. The van der Waals surface area contributed by atoms with Crippen molar-refractivity contribution in [2.24, 2.45) is 0 Å². The fourth-order valence-electron chi connectivity index (χ4n) is 3.97. The number of methoxy groups -OCH3 is 2. The second kappa shape index (κ2) is 12.4. The third-order valence-electron chi connectivity index (χ3n) is 6.03. The SMILES string of the molecule is COc1ccc2c(O)c(C(=O)NCC(=O)OC(=O)CNC(=O)c3nc(C#N)c4cc(OC)ccc4c3O)nc(C#N)c2c1. The molecule has 0 aliphatic rings. The van der Waals surface area contributed by atoms with E-state index in [0.29, 0.717) is 11.5 Å². The minimum atomic E-state index is -1.22. The second-order valence-corrected chi connectivity index (χ2v) is 8.57. The van der Waals surface area contributed by atoms with E-state index in [0.717, 1.165) is 0 Å². The molecule has 2 aromatic heterocycles. The normalized spacial score (nSPS) is 10.3. The van der Waals surface area contributed by atoms with Gasteiger partial charge in [0.1, 0.15) is 48.1 Å². The number of hydrogen-bond acceptors (Lipinski definition) is 13. The molecule has 4 N–H and O–H groups in total. The van der Waals surface area contributed by atoms with Crippen LogP contribution in [0.1, 0.15) is 32.4 Å². The van der Waals surface area contributed by atoms with Gasteiger partial charge >= 0.3 is 11.9 Å². The molecule has 2 amide bonds. The lowest BCUT2D eigenvalue weighted by Crippen LogP contribution is -2.36. The number of amides is 2. The molecular formula is C28H20N6O9. The summed E-state index contributed by atoms with van der Waals surface area (Å²) in [6.45, 7) is -1.66. The van der Waals surface area contributed by atoms with Crippen LogP contribution in [-0.4, -0.2) is 71.2 Å². The summed E-state index contributed by atoms with van der Waals surface area (Å²) in [6, 6.07) is 12.4. The molecule has 4 aromatic rings. The number of nitriles is 2. The van der Waals surface area contributed by atoms with E-state index in [2.05, 4.69) is 25.3 Å². The van der Waals surface area contributed by atoms with E-state index < -0.39 is 59.7 Å². The summed E-state index contributed by atoms with van der Waals surface area (Å²) in [5.74, 6) is -4.82. The Hall–Kier alpha value is -6.48. The Balaban J connectivity index is 1.37. The van der Waals surface area contributed by atoms with Crippen molar-refractivity contribution in [3.05, 3.63) is 59.2 Å². The number of pyridine rings is 2. The van der Waals surface area contributed by atoms with Gasteiger partial charge in [-0.3, -0.25) is 9.59 Å². The lowest BCUT2D eigenvalue weighted by Gasteiger charge is -2.11. The number of benzene rings is 2. The molecule has 0 unspecified atom stereocenters. The first kappa shape index (κ1) is 29.5. The zero-order valence-corrected chi connectivity index (χ0v) is 22.4. The van der Waals surface area contributed by atoms with Crippen LogP contribution >= 0.6 is 0 Å². The van der Waals surface area contributed by atoms with Gasteiger partial charge in [0, 0.05) is 21.5 Å². The van der Waals surface area contributed by atoms with Gasteiger partial charge in [-0.25, -0.2) is 19.6 Å².